The van der Waals surface area contributed by atoms with Crippen LogP contribution >= 0.6 is 11.6 Å². The number of carbonyl (C=O) groups excluding carboxylic acids is 1. The van der Waals surface area contributed by atoms with Crippen LogP contribution < -0.4 is 16.0 Å². The van der Waals surface area contributed by atoms with Gasteiger partial charge in [0.2, 0.25) is 0 Å². The van der Waals surface area contributed by atoms with E-state index in [1.165, 1.54) is 12.8 Å². The van der Waals surface area contributed by atoms with Crippen molar-refractivity contribution in [3.05, 3.63) is 28.8 Å². The van der Waals surface area contributed by atoms with E-state index < -0.39 is 5.91 Å². The molecule has 1 aromatic carbocycles. The maximum Gasteiger partial charge on any atom is 0.252 e. The summed E-state index contributed by atoms with van der Waals surface area (Å²) < 4.78 is 0. The van der Waals surface area contributed by atoms with Crippen LogP contribution in [0.5, 0.6) is 0 Å². The molecular formula is C14H20ClN3O. The summed E-state index contributed by atoms with van der Waals surface area (Å²) >= 11 is 6.07. The van der Waals surface area contributed by atoms with Gasteiger partial charge in [-0.05, 0) is 44.0 Å². The third-order valence-corrected chi connectivity index (χ3v) is 3.90. The number of halogens is 1. The van der Waals surface area contributed by atoms with Crippen LogP contribution in [-0.4, -0.2) is 32.6 Å². The van der Waals surface area contributed by atoms with Crippen molar-refractivity contribution in [2.24, 2.45) is 11.7 Å². The van der Waals surface area contributed by atoms with E-state index in [2.05, 4.69) is 10.2 Å². The molecule has 3 N–H and O–H groups in total. The molecule has 1 saturated heterocycles. The van der Waals surface area contributed by atoms with Crippen LogP contribution in [0.3, 0.4) is 0 Å². The van der Waals surface area contributed by atoms with E-state index in [9.17, 15) is 4.79 Å². The van der Waals surface area contributed by atoms with Crippen LogP contribution in [0.15, 0.2) is 18.2 Å². The van der Waals surface area contributed by atoms with Gasteiger partial charge in [0.15, 0.2) is 0 Å². The number of nitrogens with zero attached hydrogens (tertiary/aromatic N) is 1. The zero-order chi connectivity index (χ0) is 13.8. The highest BCUT2D eigenvalue weighted by atomic mass is 35.5. The van der Waals surface area contributed by atoms with Crippen molar-refractivity contribution in [3.8, 4) is 0 Å². The van der Waals surface area contributed by atoms with Crippen molar-refractivity contribution in [2.75, 3.05) is 31.6 Å². The quantitative estimate of drug-likeness (QED) is 0.886. The number of benzene rings is 1. The molecule has 19 heavy (non-hydrogen) atoms. The summed E-state index contributed by atoms with van der Waals surface area (Å²) in [5.41, 5.74) is 6.65. The summed E-state index contributed by atoms with van der Waals surface area (Å²) in [5, 5.41) is 3.81. The fourth-order valence-corrected chi connectivity index (χ4v) is 2.90. The molecule has 1 aliphatic rings. The first-order valence-corrected chi connectivity index (χ1v) is 6.97. The predicted molar refractivity (Wildman–Crippen MR) is 78.8 cm³/mol. The number of hydrogen-bond acceptors (Lipinski definition) is 3. The average molecular weight is 282 g/mol. The second-order valence-electron chi connectivity index (χ2n) is 5.09. The summed E-state index contributed by atoms with van der Waals surface area (Å²) in [6.07, 6.45) is 2.42. The molecule has 1 aliphatic heterocycles. The van der Waals surface area contributed by atoms with E-state index >= 15 is 0 Å². The Morgan fingerprint density at radius 3 is 3.00 bits per heavy atom. The van der Waals surface area contributed by atoms with Crippen molar-refractivity contribution in [1.82, 2.24) is 5.32 Å². The third-order valence-electron chi connectivity index (χ3n) is 3.58. The number of carbonyl (C=O) groups is 1. The summed E-state index contributed by atoms with van der Waals surface area (Å²) in [6.45, 7) is 3.02. The van der Waals surface area contributed by atoms with Gasteiger partial charge in [-0.25, -0.2) is 0 Å². The summed E-state index contributed by atoms with van der Waals surface area (Å²) in [4.78, 5) is 13.6. The molecule has 4 nitrogen and oxygen atoms in total. The molecule has 1 aromatic rings. The molecular weight excluding hydrogens is 262 g/mol. The molecule has 0 aliphatic carbocycles. The lowest BCUT2D eigenvalue weighted by atomic mass is 9.98. The van der Waals surface area contributed by atoms with Crippen molar-refractivity contribution in [1.29, 1.82) is 0 Å². The minimum atomic E-state index is -0.478. The third kappa shape index (κ3) is 3.39. The van der Waals surface area contributed by atoms with Gasteiger partial charge in [-0.1, -0.05) is 17.7 Å². The lowest BCUT2D eigenvalue weighted by Crippen LogP contribution is -2.37. The smallest absolute Gasteiger partial charge is 0.252 e. The molecule has 0 spiro atoms. The molecule has 0 aromatic heterocycles. The van der Waals surface area contributed by atoms with Gasteiger partial charge in [-0.15, -0.1) is 0 Å². The first-order chi connectivity index (χ1) is 9.09. The highest BCUT2D eigenvalue weighted by Crippen LogP contribution is 2.27. The maximum absolute atomic E-state index is 11.5. The minimum absolute atomic E-state index is 0.412. The van der Waals surface area contributed by atoms with Crippen molar-refractivity contribution in [2.45, 2.75) is 12.8 Å². The highest BCUT2D eigenvalue weighted by molar-refractivity contribution is 6.34. The highest BCUT2D eigenvalue weighted by Gasteiger charge is 2.19. The molecule has 1 amide bonds. The monoisotopic (exact) mass is 281 g/mol. The summed E-state index contributed by atoms with van der Waals surface area (Å²) in [5.74, 6) is 0.118. The number of nitrogens with two attached hydrogens (primary N) is 1. The van der Waals surface area contributed by atoms with Crippen LogP contribution in [0.4, 0.5) is 5.69 Å². The lowest BCUT2D eigenvalue weighted by molar-refractivity contribution is 0.100. The number of nitrogens with one attached hydrogen (secondary N) is 1. The van der Waals surface area contributed by atoms with Crippen molar-refractivity contribution >= 4 is 23.2 Å². The Labute approximate surface area is 118 Å². The van der Waals surface area contributed by atoms with Gasteiger partial charge in [0.25, 0.3) is 5.91 Å². The number of primary amides is 1. The van der Waals surface area contributed by atoms with E-state index in [0.29, 0.717) is 16.5 Å². The molecule has 1 unspecified atom stereocenters. The second kappa shape index (κ2) is 6.26. The molecule has 1 heterocycles. The lowest BCUT2D eigenvalue weighted by Gasteiger charge is -2.29. The van der Waals surface area contributed by atoms with Gasteiger partial charge in [0, 0.05) is 13.6 Å². The van der Waals surface area contributed by atoms with E-state index in [1.54, 1.807) is 6.07 Å². The number of piperidine rings is 1. The van der Waals surface area contributed by atoms with E-state index in [4.69, 9.17) is 17.3 Å². The fraction of sp³-hybridized carbons (Fsp3) is 0.500. The first kappa shape index (κ1) is 14.2. The SMILES string of the molecule is CN(CC1CCCNC1)c1cccc(Cl)c1C(N)=O. The molecule has 104 valence electrons. The van der Waals surface area contributed by atoms with Crippen molar-refractivity contribution in [3.63, 3.8) is 0 Å². The van der Waals surface area contributed by atoms with Crippen LogP contribution in [0.25, 0.3) is 0 Å². The summed E-state index contributed by atoms with van der Waals surface area (Å²) in [7, 11) is 1.98. The number of amides is 1. The first-order valence-electron chi connectivity index (χ1n) is 6.59. The Bertz CT molecular complexity index is 458. The Balaban J connectivity index is 2.16. The zero-order valence-electron chi connectivity index (χ0n) is 11.2. The van der Waals surface area contributed by atoms with Gasteiger partial charge < -0.3 is 16.0 Å². The topological polar surface area (TPSA) is 58.4 Å². The van der Waals surface area contributed by atoms with Gasteiger partial charge in [-0.3, -0.25) is 4.79 Å². The Hall–Kier alpha value is -1.26. The van der Waals surface area contributed by atoms with E-state index in [1.807, 2.05) is 19.2 Å². The van der Waals surface area contributed by atoms with Crippen LogP contribution in [0.2, 0.25) is 5.02 Å². The molecule has 2 rings (SSSR count). The Kier molecular flexibility index (Phi) is 4.66. The van der Waals surface area contributed by atoms with Crippen LogP contribution in [0, 0.1) is 5.92 Å². The standard InChI is InChI=1S/C14H20ClN3O/c1-18(9-10-4-3-7-17-8-10)12-6-2-5-11(15)13(12)14(16)19/h2,5-6,10,17H,3-4,7-9H2,1H3,(H2,16,19). The number of rotatable bonds is 4. The molecule has 0 radical (unpaired) electrons. The average Bonchev–Trinajstić information content (AvgIpc) is 2.39. The van der Waals surface area contributed by atoms with Gasteiger partial charge >= 0.3 is 0 Å². The van der Waals surface area contributed by atoms with Crippen LogP contribution in [-0.2, 0) is 0 Å². The molecule has 0 saturated carbocycles. The Morgan fingerprint density at radius 1 is 1.58 bits per heavy atom. The molecule has 0 bridgehead atoms. The summed E-state index contributed by atoms with van der Waals surface area (Å²) in [6, 6.07) is 5.43. The van der Waals surface area contributed by atoms with Gasteiger partial charge in [-0.2, -0.15) is 0 Å². The maximum atomic E-state index is 11.5. The van der Waals surface area contributed by atoms with Gasteiger partial charge in [0.1, 0.15) is 0 Å². The second-order valence-corrected chi connectivity index (χ2v) is 5.50. The molecule has 1 atom stereocenters. The zero-order valence-corrected chi connectivity index (χ0v) is 11.9. The number of hydrogen-bond donors (Lipinski definition) is 2. The largest absolute Gasteiger partial charge is 0.374 e. The number of anilines is 1. The predicted octanol–water partition coefficient (Wildman–Crippen LogP) is 1.87. The van der Waals surface area contributed by atoms with Crippen LogP contribution in [0.1, 0.15) is 23.2 Å². The normalized spacial score (nSPS) is 19.2. The van der Waals surface area contributed by atoms with E-state index in [0.717, 1.165) is 25.3 Å². The fourth-order valence-electron chi connectivity index (χ4n) is 2.64. The van der Waals surface area contributed by atoms with Gasteiger partial charge in [0.05, 0.1) is 16.3 Å². The Morgan fingerprint density at radius 2 is 2.37 bits per heavy atom. The van der Waals surface area contributed by atoms with Crippen molar-refractivity contribution < 1.29 is 4.79 Å². The minimum Gasteiger partial charge on any atom is -0.374 e. The molecule has 1 fully saturated rings. The molecule has 5 heteroatoms. The van der Waals surface area contributed by atoms with E-state index in [-0.39, 0.29) is 0 Å².